The van der Waals surface area contributed by atoms with Crippen molar-refractivity contribution in [1.29, 1.82) is 0 Å². The molecular formula is C23H18O8. The monoisotopic (exact) mass is 422 g/mol. The smallest absolute Gasteiger partial charge is 0.337 e. The molecule has 4 rings (SSSR count). The topological polar surface area (TPSA) is 120 Å². The highest BCUT2D eigenvalue weighted by Crippen LogP contribution is 2.49. The van der Waals surface area contributed by atoms with Gasteiger partial charge in [-0.3, -0.25) is 9.59 Å². The van der Waals surface area contributed by atoms with Crippen LogP contribution in [0.5, 0.6) is 11.5 Å². The first kappa shape index (κ1) is 20.3. The van der Waals surface area contributed by atoms with Crippen LogP contribution in [0.3, 0.4) is 0 Å². The fourth-order valence-corrected chi connectivity index (χ4v) is 3.99. The van der Waals surface area contributed by atoms with E-state index in [4.69, 9.17) is 13.9 Å². The maximum absolute atomic E-state index is 12.4. The van der Waals surface area contributed by atoms with Gasteiger partial charge in [-0.1, -0.05) is 12.1 Å². The standard InChI is InChI=1S/C23H18O8/c1-10-8-15(25)30-21-17(10)20(27)18(11(2)24)22-19(21)14(9-16(26)31-22)12-4-6-13(7-5-12)23(28)29-3/h4-8,14,27H,9H2,1-3H3/t14-/m0/s1. The summed E-state index contributed by atoms with van der Waals surface area (Å²) >= 11 is 0. The van der Waals surface area contributed by atoms with Crippen molar-refractivity contribution >= 4 is 28.7 Å². The van der Waals surface area contributed by atoms with Crippen LogP contribution in [0.15, 0.2) is 39.5 Å². The number of phenols is 1. The van der Waals surface area contributed by atoms with Gasteiger partial charge in [0.1, 0.15) is 16.9 Å². The first-order valence-corrected chi connectivity index (χ1v) is 9.46. The number of benzene rings is 2. The molecule has 0 fully saturated rings. The van der Waals surface area contributed by atoms with Crippen LogP contribution >= 0.6 is 0 Å². The molecule has 0 aliphatic carbocycles. The maximum atomic E-state index is 12.4. The normalized spacial score (nSPS) is 15.3. The van der Waals surface area contributed by atoms with Crippen LogP contribution in [0.25, 0.3) is 11.0 Å². The van der Waals surface area contributed by atoms with Crippen molar-refractivity contribution in [3.05, 3.63) is 68.6 Å². The van der Waals surface area contributed by atoms with Gasteiger partial charge in [0.15, 0.2) is 11.5 Å². The molecule has 8 heteroatoms. The number of methoxy groups -OCH3 is 1. The fourth-order valence-electron chi connectivity index (χ4n) is 3.99. The lowest BCUT2D eigenvalue weighted by molar-refractivity contribution is -0.135. The molecule has 1 aliphatic heterocycles. The highest BCUT2D eigenvalue weighted by molar-refractivity contribution is 6.09. The van der Waals surface area contributed by atoms with Gasteiger partial charge in [-0.25, -0.2) is 9.59 Å². The SMILES string of the molecule is COC(=O)c1ccc([C@@H]2CC(=O)Oc3c(C(C)=O)c(O)c4c(C)cc(=O)oc4c32)cc1. The lowest BCUT2D eigenvalue weighted by Crippen LogP contribution is -2.23. The number of aryl methyl sites for hydroxylation is 1. The molecule has 0 radical (unpaired) electrons. The summed E-state index contributed by atoms with van der Waals surface area (Å²) in [5.74, 6) is -2.77. The summed E-state index contributed by atoms with van der Waals surface area (Å²) in [4.78, 5) is 48.6. The number of fused-ring (bicyclic) bond motifs is 3. The highest BCUT2D eigenvalue weighted by atomic mass is 16.5. The predicted molar refractivity (Wildman–Crippen MR) is 109 cm³/mol. The summed E-state index contributed by atoms with van der Waals surface area (Å²) in [5, 5.41) is 11.0. The van der Waals surface area contributed by atoms with Gasteiger partial charge in [0.25, 0.3) is 0 Å². The third-order valence-corrected chi connectivity index (χ3v) is 5.37. The third kappa shape index (κ3) is 3.26. The van der Waals surface area contributed by atoms with Gasteiger partial charge in [-0.15, -0.1) is 0 Å². The molecule has 0 saturated carbocycles. The highest BCUT2D eigenvalue weighted by Gasteiger charge is 2.37. The molecule has 0 saturated heterocycles. The van der Waals surface area contributed by atoms with Gasteiger partial charge in [0, 0.05) is 17.5 Å². The lowest BCUT2D eigenvalue weighted by Gasteiger charge is -2.28. The predicted octanol–water partition coefficient (Wildman–Crippen LogP) is 3.24. The van der Waals surface area contributed by atoms with Crippen LogP contribution in [0.1, 0.15) is 56.7 Å². The summed E-state index contributed by atoms with van der Waals surface area (Å²) in [5.41, 5.74) is 0.970. The first-order chi connectivity index (χ1) is 14.7. The number of aromatic hydroxyl groups is 1. The van der Waals surface area contributed by atoms with Gasteiger partial charge >= 0.3 is 17.6 Å². The second-order valence-electron chi connectivity index (χ2n) is 7.32. The largest absolute Gasteiger partial charge is 0.506 e. The molecular weight excluding hydrogens is 404 g/mol. The van der Waals surface area contributed by atoms with Crippen molar-refractivity contribution in [3.63, 3.8) is 0 Å². The summed E-state index contributed by atoms with van der Waals surface area (Å²) in [6, 6.07) is 7.62. The van der Waals surface area contributed by atoms with Gasteiger partial charge in [-0.2, -0.15) is 0 Å². The number of Topliss-reactive ketones (excluding diaryl/α,β-unsaturated/α-hetero) is 1. The van der Waals surface area contributed by atoms with Gasteiger partial charge in [0.2, 0.25) is 0 Å². The molecule has 158 valence electrons. The molecule has 1 aliphatic rings. The molecule has 0 bridgehead atoms. The van der Waals surface area contributed by atoms with E-state index in [1.165, 1.54) is 20.1 Å². The van der Waals surface area contributed by atoms with E-state index in [2.05, 4.69) is 0 Å². The van der Waals surface area contributed by atoms with Gasteiger partial charge in [0.05, 0.1) is 24.5 Å². The zero-order chi connectivity index (χ0) is 22.4. The van der Waals surface area contributed by atoms with Crippen LogP contribution < -0.4 is 10.4 Å². The molecule has 1 aromatic heterocycles. The fraction of sp³-hybridized carbons (Fsp3) is 0.217. The van der Waals surface area contributed by atoms with E-state index in [1.54, 1.807) is 31.2 Å². The quantitative estimate of drug-likeness (QED) is 0.296. The Morgan fingerprint density at radius 2 is 1.84 bits per heavy atom. The Kier molecular flexibility index (Phi) is 4.85. The van der Waals surface area contributed by atoms with Gasteiger partial charge in [-0.05, 0) is 37.1 Å². The van der Waals surface area contributed by atoms with E-state index in [0.29, 0.717) is 22.3 Å². The maximum Gasteiger partial charge on any atom is 0.337 e. The number of carbonyl (C=O) groups is 3. The molecule has 2 heterocycles. The van der Waals surface area contributed by atoms with E-state index < -0.39 is 35.0 Å². The van der Waals surface area contributed by atoms with Crippen molar-refractivity contribution in [2.75, 3.05) is 7.11 Å². The summed E-state index contributed by atoms with van der Waals surface area (Å²) < 4.78 is 15.5. The van der Waals surface area contributed by atoms with Crippen LogP contribution in [0.4, 0.5) is 0 Å². The Hall–Kier alpha value is -3.94. The molecule has 3 aromatic rings. The Balaban J connectivity index is 2.06. The van der Waals surface area contributed by atoms with Crippen LogP contribution in [-0.4, -0.2) is 29.9 Å². The third-order valence-electron chi connectivity index (χ3n) is 5.37. The molecule has 0 unspecified atom stereocenters. The van der Waals surface area contributed by atoms with E-state index in [0.717, 1.165) is 0 Å². The second-order valence-corrected chi connectivity index (χ2v) is 7.32. The summed E-state index contributed by atoms with van der Waals surface area (Å²) in [7, 11) is 1.27. The number of rotatable bonds is 3. The Bertz CT molecular complexity index is 1310. The van der Waals surface area contributed by atoms with E-state index in [-0.39, 0.29) is 28.7 Å². The molecule has 8 nitrogen and oxygen atoms in total. The summed E-state index contributed by atoms with van der Waals surface area (Å²) in [6.45, 7) is 2.86. The first-order valence-electron chi connectivity index (χ1n) is 9.46. The zero-order valence-electron chi connectivity index (χ0n) is 17.0. The molecule has 1 N–H and O–H groups in total. The van der Waals surface area contributed by atoms with Crippen molar-refractivity contribution in [2.24, 2.45) is 0 Å². The van der Waals surface area contributed by atoms with Crippen LogP contribution in [0, 0.1) is 6.92 Å². The van der Waals surface area contributed by atoms with Crippen molar-refractivity contribution < 1.29 is 33.4 Å². The average molecular weight is 422 g/mol. The number of ketones is 1. The van der Waals surface area contributed by atoms with Crippen molar-refractivity contribution in [3.8, 4) is 11.5 Å². The molecule has 1 atom stereocenters. The van der Waals surface area contributed by atoms with Crippen LogP contribution in [-0.2, 0) is 9.53 Å². The van der Waals surface area contributed by atoms with E-state index in [1.807, 2.05) is 0 Å². The minimum atomic E-state index is -0.640. The zero-order valence-corrected chi connectivity index (χ0v) is 17.0. The van der Waals surface area contributed by atoms with E-state index in [9.17, 15) is 24.3 Å². The number of hydrogen-bond acceptors (Lipinski definition) is 8. The molecule has 0 spiro atoms. The number of hydrogen-bond donors (Lipinski definition) is 1. The Morgan fingerprint density at radius 1 is 1.16 bits per heavy atom. The van der Waals surface area contributed by atoms with E-state index >= 15 is 0 Å². The number of carbonyl (C=O) groups excluding carboxylic acids is 3. The minimum Gasteiger partial charge on any atom is -0.506 e. The lowest BCUT2D eigenvalue weighted by atomic mass is 9.82. The van der Waals surface area contributed by atoms with Gasteiger partial charge < -0.3 is 19.0 Å². The molecule has 2 aromatic carbocycles. The van der Waals surface area contributed by atoms with Crippen molar-refractivity contribution in [1.82, 2.24) is 0 Å². The Morgan fingerprint density at radius 3 is 2.45 bits per heavy atom. The average Bonchev–Trinajstić information content (AvgIpc) is 2.71. The number of ether oxygens (including phenoxy) is 2. The minimum absolute atomic E-state index is 0.0528. The molecule has 0 amide bonds. The summed E-state index contributed by atoms with van der Waals surface area (Å²) in [6.07, 6.45) is -0.0839. The molecule has 31 heavy (non-hydrogen) atoms. The van der Waals surface area contributed by atoms with Crippen LogP contribution in [0.2, 0.25) is 0 Å². The Labute approximate surface area is 176 Å². The number of phenolic OH excluding ortho intramolecular Hbond substituents is 1. The number of esters is 2. The van der Waals surface area contributed by atoms with Crippen molar-refractivity contribution in [2.45, 2.75) is 26.2 Å². The second kappa shape index (κ2) is 7.39.